The molecule has 1 aliphatic carbocycles. The maximum Gasteiger partial charge on any atom is 0.346 e. The summed E-state index contributed by atoms with van der Waals surface area (Å²) in [6.07, 6.45) is 3.67. The van der Waals surface area contributed by atoms with Crippen molar-refractivity contribution in [3.63, 3.8) is 0 Å². The molecule has 3 heterocycles. The van der Waals surface area contributed by atoms with Crippen LogP contribution in [-0.4, -0.2) is 61.7 Å². The van der Waals surface area contributed by atoms with Gasteiger partial charge in [0.05, 0.1) is 13.2 Å². The first-order valence-electron chi connectivity index (χ1n) is 10.0. The van der Waals surface area contributed by atoms with E-state index in [1.165, 1.54) is 23.9 Å². The Kier molecular flexibility index (Phi) is 5.35. The van der Waals surface area contributed by atoms with Gasteiger partial charge in [-0.2, -0.15) is 10.2 Å². The topological polar surface area (TPSA) is 104 Å². The normalized spacial score (nSPS) is 19.5. The zero-order valence-corrected chi connectivity index (χ0v) is 16.8. The number of amides is 1. The van der Waals surface area contributed by atoms with E-state index in [0.717, 1.165) is 36.2 Å². The van der Waals surface area contributed by atoms with E-state index in [1.807, 2.05) is 4.57 Å². The third-order valence-corrected chi connectivity index (χ3v) is 5.57. The molecule has 0 aromatic carbocycles. The van der Waals surface area contributed by atoms with E-state index in [1.54, 1.807) is 12.0 Å². The zero-order chi connectivity index (χ0) is 20.5. The summed E-state index contributed by atoms with van der Waals surface area (Å²) in [6, 6.07) is 3.03. The third kappa shape index (κ3) is 3.89. The molecule has 29 heavy (non-hydrogen) atoms. The predicted molar refractivity (Wildman–Crippen MR) is 104 cm³/mol. The summed E-state index contributed by atoms with van der Waals surface area (Å²) < 4.78 is 9.55. The molecule has 4 rings (SSSR count). The lowest BCUT2D eigenvalue weighted by Crippen LogP contribution is -2.41. The van der Waals surface area contributed by atoms with Gasteiger partial charge in [0.2, 0.25) is 0 Å². The Morgan fingerprint density at radius 3 is 2.69 bits per heavy atom. The Morgan fingerprint density at radius 2 is 2.00 bits per heavy atom. The number of hydrogen-bond acceptors (Lipinski definition) is 6. The number of hydrogen-bond donors (Lipinski definition) is 0. The fraction of sp³-hybridized carbons (Fsp3) is 0.632. The molecule has 10 nitrogen and oxygen atoms in total. The minimum Gasteiger partial charge on any atom is -0.383 e. The van der Waals surface area contributed by atoms with Crippen LogP contribution >= 0.6 is 0 Å². The molecule has 0 radical (unpaired) electrons. The van der Waals surface area contributed by atoms with E-state index in [0.29, 0.717) is 26.2 Å². The van der Waals surface area contributed by atoms with E-state index in [-0.39, 0.29) is 34.8 Å². The Morgan fingerprint density at radius 1 is 1.21 bits per heavy atom. The minimum atomic E-state index is -0.256. The number of carbonyl (C=O) groups excluding carboxylic acids is 1. The van der Waals surface area contributed by atoms with Gasteiger partial charge in [-0.1, -0.05) is 0 Å². The molecule has 1 amide bonds. The lowest BCUT2D eigenvalue weighted by molar-refractivity contribution is 0.0694. The fourth-order valence-electron chi connectivity index (χ4n) is 3.87. The van der Waals surface area contributed by atoms with E-state index >= 15 is 0 Å². The van der Waals surface area contributed by atoms with Crippen LogP contribution in [0.15, 0.2) is 21.7 Å². The van der Waals surface area contributed by atoms with E-state index in [2.05, 4.69) is 10.2 Å². The summed E-state index contributed by atoms with van der Waals surface area (Å²) in [4.78, 5) is 39.0. The summed E-state index contributed by atoms with van der Waals surface area (Å²) in [5, 5.41) is 8.69. The Balaban J connectivity index is 1.58. The van der Waals surface area contributed by atoms with Crippen molar-refractivity contribution in [3.8, 4) is 0 Å². The highest BCUT2D eigenvalue weighted by atomic mass is 16.5. The van der Waals surface area contributed by atoms with Crippen molar-refractivity contribution in [1.29, 1.82) is 0 Å². The van der Waals surface area contributed by atoms with Crippen LogP contribution in [0, 0.1) is 0 Å². The molecular weight excluding hydrogens is 376 g/mol. The van der Waals surface area contributed by atoms with Crippen molar-refractivity contribution in [2.45, 2.75) is 44.2 Å². The van der Waals surface area contributed by atoms with Gasteiger partial charge in [-0.3, -0.25) is 14.2 Å². The van der Waals surface area contributed by atoms with Gasteiger partial charge in [0.1, 0.15) is 11.5 Å². The van der Waals surface area contributed by atoms with Gasteiger partial charge >= 0.3 is 5.69 Å². The number of aryl methyl sites for hydroxylation is 1. The molecule has 2 fully saturated rings. The average molecular weight is 402 g/mol. The molecule has 1 unspecified atom stereocenters. The van der Waals surface area contributed by atoms with Gasteiger partial charge in [0, 0.05) is 45.3 Å². The molecule has 156 valence electrons. The Labute approximate surface area is 167 Å². The summed E-state index contributed by atoms with van der Waals surface area (Å²) in [7, 11) is 3.13. The van der Waals surface area contributed by atoms with Crippen molar-refractivity contribution < 1.29 is 9.53 Å². The second-order valence-electron chi connectivity index (χ2n) is 7.73. The molecule has 1 saturated carbocycles. The monoisotopic (exact) mass is 402 g/mol. The average Bonchev–Trinajstić information content (AvgIpc) is 3.51. The van der Waals surface area contributed by atoms with Crippen LogP contribution in [0.25, 0.3) is 0 Å². The van der Waals surface area contributed by atoms with Crippen molar-refractivity contribution in [2.24, 2.45) is 7.05 Å². The first-order valence-corrected chi connectivity index (χ1v) is 10.0. The summed E-state index contributed by atoms with van der Waals surface area (Å²) in [5.41, 5.74) is -0.103. The molecule has 2 aliphatic rings. The standard InChI is InChI=1S/C19H26N6O4/c1-22-16(26)8-7-15(20-22)18(27)23-9-3-4-13(12-23)17-21-24(10-11-29-2)19(28)25(17)14-5-6-14/h7-8,13-14H,3-6,9-12H2,1-2H3. The predicted octanol–water partition coefficient (Wildman–Crippen LogP) is 0.140. The molecule has 0 spiro atoms. The molecule has 1 atom stereocenters. The van der Waals surface area contributed by atoms with Crippen molar-refractivity contribution in [1.82, 2.24) is 29.0 Å². The van der Waals surface area contributed by atoms with Crippen LogP contribution in [-0.2, 0) is 18.3 Å². The second kappa shape index (κ2) is 7.94. The van der Waals surface area contributed by atoms with Gasteiger partial charge in [-0.15, -0.1) is 0 Å². The van der Waals surface area contributed by atoms with Gasteiger partial charge in [-0.25, -0.2) is 14.2 Å². The molecule has 2 aromatic heterocycles. The fourth-order valence-corrected chi connectivity index (χ4v) is 3.87. The number of aromatic nitrogens is 5. The molecule has 1 saturated heterocycles. The third-order valence-electron chi connectivity index (χ3n) is 5.57. The number of likely N-dealkylation sites (tertiary alicyclic amines) is 1. The zero-order valence-electron chi connectivity index (χ0n) is 16.8. The number of methoxy groups -OCH3 is 1. The molecule has 2 aromatic rings. The molecule has 0 N–H and O–H groups in total. The lowest BCUT2D eigenvalue weighted by Gasteiger charge is -2.32. The number of rotatable bonds is 6. The van der Waals surface area contributed by atoms with E-state index < -0.39 is 0 Å². The van der Waals surface area contributed by atoms with Crippen molar-refractivity contribution in [2.75, 3.05) is 26.8 Å². The quantitative estimate of drug-likeness (QED) is 0.681. The highest BCUT2D eigenvalue weighted by molar-refractivity contribution is 5.92. The largest absolute Gasteiger partial charge is 0.383 e. The van der Waals surface area contributed by atoms with E-state index in [9.17, 15) is 14.4 Å². The molecule has 0 bridgehead atoms. The Hall–Kier alpha value is -2.75. The van der Waals surface area contributed by atoms with Crippen LogP contribution in [0.5, 0.6) is 0 Å². The van der Waals surface area contributed by atoms with Crippen LogP contribution in [0.4, 0.5) is 0 Å². The number of piperidine rings is 1. The van der Waals surface area contributed by atoms with Crippen molar-refractivity contribution in [3.05, 3.63) is 44.5 Å². The first-order chi connectivity index (χ1) is 14.0. The molecular formula is C19H26N6O4. The van der Waals surface area contributed by atoms with Crippen LogP contribution < -0.4 is 11.2 Å². The minimum absolute atomic E-state index is 0.00248. The van der Waals surface area contributed by atoms with Crippen LogP contribution in [0.3, 0.4) is 0 Å². The first kappa shape index (κ1) is 19.6. The molecule has 10 heteroatoms. The van der Waals surface area contributed by atoms with E-state index in [4.69, 9.17) is 4.74 Å². The maximum absolute atomic E-state index is 12.9. The summed E-state index contributed by atoms with van der Waals surface area (Å²) in [6.45, 7) is 1.95. The van der Waals surface area contributed by atoms with Gasteiger partial charge < -0.3 is 9.64 Å². The van der Waals surface area contributed by atoms with Crippen molar-refractivity contribution >= 4 is 5.91 Å². The lowest BCUT2D eigenvalue weighted by atomic mass is 9.96. The number of ether oxygens (including phenoxy) is 1. The van der Waals surface area contributed by atoms with Gasteiger partial charge in [0.25, 0.3) is 11.5 Å². The Bertz CT molecular complexity index is 1020. The summed E-state index contributed by atoms with van der Waals surface area (Å²) >= 11 is 0. The number of carbonyl (C=O) groups is 1. The van der Waals surface area contributed by atoms with Crippen LogP contribution in [0.1, 0.15) is 54.0 Å². The molecule has 1 aliphatic heterocycles. The highest BCUT2D eigenvalue weighted by Gasteiger charge is 2.35. The van der Waals surface area contributed by atoms with Gasteiger partial charge in [0.15, 0.2) is 0 Å². The van der Waals surface area contributed by atoms with Gasteiger partial charge in [-0.05, 0) is 31.7 Å². The SMILES string of the molecule is COCCn1nc(C2CCCN(C(=O)c3ccc(=O)n(C)n3)C2)n(C2CC2)c1=O. The van der Waals surface area contributed by atoms with Crippen LogP contribution in [0.2, 0.25) is 0 Å². The highest BCUT2D eigenvalue weighted by Crippen LogP contribution is 2.37. The second-order valence-corrected chi connectivity index (χ2v) is 7.73. The maximum atomic E-state index is 12.9. The smallest absolute Gasteiger partial charge is 0.346 e. The summed E-state index contributed by atoms with van der Waals surface area (Å²) in [5.74, 6) is 0.557. The number of nitrogens with zero attached hydrogens (tertiary/aromatic N) is 6.